The molecule has 0 amide bonds. The fraction of sp³-hybridized carbons (Fsp3) is 0.214. The number of ether oxygens (including phenoxy) is 1. The molecule has 2 aromatic rings. The summed E-state index contributed by atoms with van der Waals surface area (Å²) in [5, 5.41) is 8.87. The fourth-order valence-corrected chi connectivity index (χ4v) is 2.44. The van der Waals surface area contributed by atoms with Crippen molar-refractivity contribution in [1.82, 2.24) is 0 Å². The molecule has 0 saturated carbocycles. The van der Waals surface area contributed by atoms with Gasteiger partial charge in [-0.1, -0.05) is 13.0 Å². The quantitative estimate of drug-likeness (QED) is 0.836. The van der Waals surface area contributed by atoms with Crippen molar-refractivity contribution in [3.05, 3.63) is 51.5 Å². The second kappa shape index (κ2) is 5.65. The van der Waals surface area contributed by atoms with E-state index in [4.69, 9.17) is 10.00 Å². The van der Waals surface area contributed by atoms with E-state index in [-0.39, 0.29) is 5.56 Å². The number of nitrogens with zero attached hydrogens (tertiary/aromatic N) is 1. The van der Waals surface area contributed by atoms with Gasteiger partial charge in [0.25, 0.3) is 0 Å². The first kappa shape index (κ1) is 12.6. The Bertz CT molecular complexity index is 586. The summed E-state index contributed by atoms with van der Waals surface area (Å²) in [5.74, 6) is -0.251. The van der Waals surface area contributed by atoms with E-state index >= 15 is 0 Å². The van der Waals surface area contributed by atoms with Gasteiger partial charge in [-0.05, 0) is 30.7 Å². The van der Waals surface area contributed by atoms with E-state index < -0.39 is 5.82 Å². The van der Waals surface area contributed by atoms with E-state index in [0.29, 0.717) is 12.4 Å². The van der Waals surface area contributed by atoms with E-state index in [0.717, 1.165) is 11.3 Å². The fourth-order valence-electron chi connectivity index (χ4n) is 1.57. The van der Waals surface area contributed by atoms with Gasteiger partial charge in [0, 0.05) is 9.75 Å². The normalized spacial score (nSPS) is 10.1. The van der Waals surface area contributed by atoms with Gasteiger partial charge in [-0.25, -0.2) is 4.39 Å². The molecule has 18 heavy (non-hydrogen) atoms. The molecule has 4 heteroatoms. The number of rotatable bonds is 4. The Morgan fingerprint density at radius 3 is 2.72 bits per heavy atom. The average molecular weight is 261 g/mol. The molecule has 92 valence electrons. The highest BCUT2D eigenvalue weighted by Gasteiger charge is 2.09. The summed E-state index contributed by atoms with van der Waals surface area (Å²) in [6.07, 6.45) is 0.994. The van der Waals surface area contributed by atoms with Gasteiger partial charge in [0.15, 0.2) is 0 Å². The first-order valence-electron chi connectivity index (χ1n) is 5.63. The maximum absolute atomic E-state index is 13.3. The summed E-state index contributed by atoms with van der Waals surface area (Å²) in [6, 6.07) is 10.3. The van der Waals surface area contributed by atoms with Crippen LogP contribution < -0.4 is 4.74 Å². The van der Waals surface area contributed by atoms with Crippen LogP contribution in [0.3, 0.4) is 0 Å². The molecule has 0 aliphatic heterocycles. The van der Waals surface area contributed by atoms with Crippen LogP contribution in [-0.4, -0.2) is 0 Å². The Balaban J connectivity index is 2.11. The molecule has 0 N–H and O–H groups in total. The zero-order chi connectivity index (χ0) is 13.0. The van der Waals surface area contributed by atoms with E-state index in [2.05, 4.69) is 13.0 Å². The van der Waals surface area contributed by atoms with E-state index in [9.17, 15) is 4.39 Å². The van der Waals surface area contributed by atoms with Gasteiger partial charge in [-0.2, -0.15) is 5.26 Å². The molecule has 0 aliphatic carbocycles. The maximum atomic E-state index is 13.3. The van der Waals surface area contributed by atoms with Gasteiger partial charge in [-0.15, -0.1) is 11.3 Å². The molecule has 1 aromatic carbocycles. The largest absolute Gasteiger partial charge is 0.487 e. The minimum absolute atomic E-state index is 0.0372. The molecule has 2 nitrogen and oxygen atoms in total. The van der Waals surface area contributed by atoms with Gasteiger partial charge in [0.1, 0.15) is 29.8 Å². The predicted molar refractivity (Wildman–Crippen MR) is 69.1 cm³/mol. The summed E-state index contributed by atoms with van der Waals surface area (Å²) >= 11 is 1.67. The molecule has 0 fully saturated rings. The highest BCUT2D eigenvalue weighted by molar-refractivity contribution is 7.11. The number of thiophene rings is 1. The van der Waals surface area contributed by atoms with Crippen molar-refractivity contribution in [3.8, 4) is 11.8 Å². The third kappa shape index (κ3) is 2.69. The van der Waals surface area contributed by atoms with Crippen molar-refractivity contribution in [3.63, 3.8) is 0 Å². The lowest BCUT2D eigenvalue weighted by molar-refractivity contribution is 0.307. The third-order valence-corrected chi connectivity index (χ3v) is 3.73. The van der Waals surface area contributed by atoms with Gasteiger partial charge in [-0.3, -0.25) is 0 Å². The molecule has 0 spiro atoms. The zero-order valence-electron chi connectivity index (χ0n) is 9.94. The van der Waals surface area contributed by atoms with Gasteiger partial charge < -0.3 is 4.74 Å². The van der Waals surface area contributed by atoms with E-state index in [1.807, 2.05) is 12.1 Å². The molecule has 0 unspecified atom stereocenters. The molecule has 0 atom stereocenters. The molecule has 0 saturated heterocycles. The smallest absolute Gasteiger partial charge is 0.144 e. The maximum Gasteiger partial charge on any atom is 0.144 e. The van der Waals surface area contributed by atoms with Crippen LogP contribution in [0.2, 0.25) is 0 Å². The molecular weight excluding hydrogens is 249 g/mol. The van der Waals surface area contributed by atoms with Gasteiger partial charge in [0.05, 0.1) is 0 Å². The first-order valence-corrected chi connectivity index (χ1v) is 6.45. The Morgan fingerprint density at radius 1 is 1.28 bits per heavy atom. The van der Waals surface area contributed by atoms with Crippen LogP contribution in [0.25, 0.3) is 0 Å². The molecule has 1 aromatic heterocycles. The highest BCUT2D eigenvalue weighted by Crippen LogP contribution is 2.23. The number of hydrogen-bond acceptors (Lipinski definition) is 3. The van der Waals surface area contributed by atoms with Crippen LogP contribution in [0.1, 0.15) is 22.2 Å². The van der Waals surface area contributed by atoms with E-state index in [1.165, 1.54) is 17.0 Å². The molecule has 1 heterocycles. The van der Waals surface area contributed by atoms with Gasteiger partial charge >= 0.3 is 0 Å². The lowest BCUT2D eigenvalue weighted by Gasteiger charge is -2.06. The first-order chi connectivity index (χ1) is 8.74. The predicted octanol–water partition coefficient (Wildman–Crippen LogP) is 3.90. The lowest BCUT2D eigenvalue weighted by atomic mass is 10.2. The number of nitriles is 1. The van der Waals surface area contributed by atoms with Crippen LogP contribution in [0, 0.1) is 17.1 Å². The summed E-state index contributed by atoms with van der Waals surface area (Å²) in [5.41, 5.74) is -0.0372. The number of halogens is 1. The Kier molecular flexibility index (Phi) is 3.96. The third-order valence-electron chi connectivity index (χ3n) is 2.52. The minimum Gasteiger partial charge on any atom is -0.487 e. The Morgan fingerprint density at radius 2 is 2.06 bits per heavy atom. The highest BCUT2D eigenvalue weighted by atomic mass is 32.1. The summed E-state index contributed by atoms with van der Waals surface area (Å²) in [6.45, 7) is 2.46. The second-order valence-electron chi connectivity index (χ2n) is 3.74. The van der Waals surface area contributed by atoms with Crippen molar-refractivity contribution in [2.24, 2.45) is 0 Å². The summed E-state index contributed by atoms with van der Waals surface area (Å²) in [4.78, 5) is 2.35. The van der Waals surface area contributed by atoms with Crippen molar-refractivity contribution in [2.45, 2.75) is 20.0 Å². The van der Waals surface area contributed by atoms with Crippen LogP contribution in [0.4, 0.5) is 4.39 Å². The van der Waals surface area contributed by atoms with Crippen LogP contribution >= 0.6 is 11.3 Å². The summed E-state index contributed by atoms with van der Waals surface area (Å²) in [7, 11) is 0. The van der Waals surface area contributed by atoms with Crippen LogP contribution in [-0.2, 0) is 13.0 Å². The second-order valence-corrected chi connectivity index (χ2v) is 4.99. The Labute approximate surface area is 109 Å². The van der Waals surface area contributed by atoms with Crippen molar-refractivity contribution in [1.29, 1.82) is 5.26 Å². The topological polar surface area (TPSA) is 33.0 Å². The zero-order valence-corrected chi connectivity index (χ0v) is 10.8. The standard InChI is InChI=1S/C14H12FNOS/c1-2-10-6-7-11(18-10)9-17-14-5-3-4-13(15)12(14)8-16/h3-7H,2,9H2,1H3. The number of aryl methyl sites for hydroxylation is 1. The lowest BCUT2D eigenvalue weighted by Crippen LogP contribution is -1.97. The van der Waals surface area contributed by atoms with Crippen LogP contribution in [0.15, 0.2) is 30.3 Å². The molecule has 0 aliphatic rings. The van der Waals surface area contributed by atoms with E-state index in [1.54, 1.807) is 17.4 Å². The Hall–Kier alpha value is -1.86. The van der Waals surface area contributed by atoms with Crippen molar-refractivity contribution >= 4 is 11.3 Å². The summed E-state index contributed by atoms with van der Waals surface area (Å²) < 4.78 is 18.8. The van der Waals surface area contributed by atoms with Crippen LogP contribution in [0.5, 0.6) is 5.75 Å². The number of benzene rings is 1. The molecule has 0 bridgehead atoms. The number of hydrogen-bond donors (Lipinski definition) is 0. The molecule has 2 rings (SSSR count). The monoisotopic (exact) mass is 261 g/mol. The molecular formula is C14H12FNOS. The average Bonchev–Trinajstić information content (AvgIpc) is 2.84. The minimum atomic E-state index is -0.546. The van der Waals surface area contributed by atoms with Gasteiger partial charge in [0.2, 0.25) is 0 Å². The molecule has 0 radical (unpaired) electrons. The van der Waals surface area contributed by atoms with Crippen molar-refractivity contribution in [2.75, 3.05) is 0 Å². The SMILES string of the molecule is CCc1ccc(COc2cccc(F)c2C#N)s1. The van der Waals surface area contributed by atoms with Crippen molar-refractivity contribution < 1.29 is 9.13 Å².